The number of phenols is 1. The summed E-state index contributed by atoms with van der Waals surface area (Å²) in [4.78, 5) is 23.6. The molecule has 0 aliphatic rings. The highest BCUT2D eigenvalue weighted by molar-refractivity contribution is 5.97. The number of rotatable bonds is 7. The van der Waals surface area contributed by atoms with Gasteiger partial charge in [-0.3, -0.25) is 9.59 Å². The second-order valence-electron chi connectivity index (χ2n) is 5.53. The molecule has 0 radical (unpaired) electrons. The summed E-state index contributed by atoms with van der Waals surface area (Å²) in [6.45, 7) is 5.40. The van der Waals surface area contributed by atoms with Crippen molar-refractivity contribution in [3.8, 4) is 5.75 Å². The number of hydrogen-bond donors (Lipinski definition) is 3. The van der Waals surface area contributed by atoms with Crippen LogP contribution >= 0.6 is 0 Å². The molecule has 3 N–H and O–H groups in total. The van der Waals surface area contributed by atoms with Gasteiger partial charge in [0.25, 0.3) is 5.91 Å². The first-order chi connectivity index (χ1) is 12.5. The SMILES string of the molecule is C=CCc1cccc(/C=N/NC(=O)c2cccc(NC(=O)CC)c2)c1O. The van der Waals surface area contributed by atoms with Gasteiger partial charge in [0.05, 0.1) is 6.21 Å². The van der Waals surface area contributed by atoms with Crippen LogP contribution in [-0.4, -0.2) is 23.1 Å². The molecular weight excluding hydrogens is 330 g/mol. The molecule has 26 heavy (non-hydrogen) atoms. The number of hydrogen-bond acceptors (Lipinski definition) is 4. The van der Waals surface area contributed by atoms with Crippen molar-refractivity contribution in [2.45, 2.75) is 19.8 Å². The molecule has 0 aromatic heterocycles. The largest absolute Gasteiger partial charge is 0.507 e. The van der Waals surface area contributed by atoms with E-state index >= 15 is 0 Å². The van der Waals surface area contributed by atoms with Crippen LogP contribution < -0.4 is 10.7 Å². The summed E-state index contributed by atoms with van der Waals surface area (Å²) in [6.07, 6.45) is 3.97. The molecule has 0 saturated carbocycles. The minimum atomic E-state index is -0.421. The van der Waals surface area contributed by atoms with E-state index in [1.807, 2.05) is 0 Å². The first-order valence-electron chi connectivity index (χ1n) is 8.20. The molecule has 134 valence electrons. The van der Waals surface area contributed by atoms with Gasteiger partial charge in [-0.05, 0) is 36.2 Å². The smallest absolute Gasteiger partial charge is 0.271 e. The molecule has 2 aromatic rings. The zero-order valence-corrected chi connectivity index (χ0v) is 14.5. The van der Waals surface area contributed by atoms with Crippen LogP contribution in [0.4, 0.5) is 5.69 Å². The Balaban J connectivity index is 2.06. The number of nitrogens with zero attached hydrogens (tertiary/aromatic N) is 1. The molecule has 0 heterocycles. The number of aromatic hydroxyl groups is 1. The van der Waals surface area contributed by atoms with E-state index in [4.69, 9.17) is 0 Å². The third-order valence-electron chi connectivity index (χ3n) is 3.61. The first-order valence-corrected chi connectivity index (χ1v) is 8.20. The van der Waals surface area contributed by atoms with E-state index in [0.29, 0.717) is 29.7 Å². The monoisotopic (exact) mass is 351 g/mol. The molecule has 2 amide bonds. The van der Waals surface area contributed by atoms with Gasteiger partial charge < -0.3 is 10.4 Å². The van der Waals surface area contributed by atoms with Gasteiger partial charge in [0, 0.05) is 23.2 Å². The highest BCUT2D eigenvalue weighted by Gasteiger charge is 2.07. The average molecular weight is 351 g/mol. The Hall–Kier alpha value is -3.41. The number of phenolic OH excluding ortho intramolecular Hbond substituents is 1. The standard InChI is InChI=1S/C20H21N3O3/c1-3-7-14-8-5-10-16(19(14)25)13-21-23-20(26)15-9-6-11-17(12-15)22-18(24)4-2/h3,5-6,8-13,25H,1,4,7H2,2H3,(H,22,24)(H,23,26)/b21-13+. The Morgan fingerprint density at radius 3 is 2.73 bits per heavy atom. The highest BCUT2D eigenvalue weighted by atomic mass is 16.3. The average Bonchev–Trinajstić information content (AvgIpc) is 2.65. The predicted octanol–water partition coefficient (Wildman–Crippen LogP) is 3.23. The van der Waals surface area contributed by atoms with Crippen molar-refractivity contribution in [1.29, 1.82) is 0 Å². The van der Waals surface area contributed by atoms with E-state index in [1.54, 1.807) is 55.5 Å². The molecule has 0 aliphatic carbocycles. The zero-order chi connectivity index (χ0) is 18.9. The molecule has 0 spiro atoms. The van der Waals surface area contributed by atoms with Crippen molar-refractivity contribution in [1.82, 2.24) is 5.43 Å². The van der Waals surface area contributed by atoms with E-state index < -0.39 is 5.91 Å². The van der Waals surface area contributed by atoms with Crippen LogP contribution in [0.5, 0.6) is 5.75 Å². The summed E-state index contributed by atoms with van der Waals surface area (Å²) < 4.78 is 0. The van der Waals surface area contributed by atoms with Gasteiger partial charge in [-0.1, -0.05) is 31.2 Å². The van der Waals surface area contributed by atoms with Crippen molar-refractivity contribution in [3.05, 3.63) is 71.8 Å². The lowest BCUT2D eigenvalue weighted by Gasteiger charge is -2.06. The fourth-order valence-electron chi connectivity index (χ4n) is 2.25. The topological polar surface area (TPSA) is 90.8 Å². The Morgan fingerprint density at radius 2 is 2.00 bits per heavy atom. The lowest BCUT2D eigenvalue weighted by molar-refractivity contribution is -0.115. The fourth-order valence-corrected chi connectivity index (χ4v) is 2.25. The Morgan fingerprint density at radius 1 is 1.23 bits per heavy atom. The van der Waals surface area contributed by atoms with E-state index in [9.17, 15) is 14.7 Å². The van der Waals surface area contributed by atoms with Gasteiger partial charge in [0.15, 0.2) is 0 Å². The number of allylic oxidation sites excluding steroid dienone is 1. The maximum atomic E-state index is 12.2. The van der Waals surface area contributed by atoms with Crippen molar-refractivity contribution < 1.29 is 14.7 Å². The van der Waals surface area contributed by atoms with E-state index in [-0.39, 0.29) is 11.7 Å². The lowest BCUT2D eigenvalue weighted by Crippen LogP contribution is -2.18. The molecule has 0 unspecified atom stereocenters. The molecule has 0 aliphatic heterocycles. The van der Waals surface area contributed by atoms with Gasteiger partial charge in [-0.15, -0.1) is 6.58 Å². The van der Waals surface area contributed by atoms with Crippen molar-refractivity contribution >= 4 is 23.7 Å². The molecule has 6 nitrogen and oxygen atoms in total. The van der Waals surface area contributed by atoms with Gasteiger partial charge in [-0.2, -0.15) is 5.10 Å². The summed E-state index contributed by atoms with van der Waals surface area (Å²) in [5.41, 5.74) is 4.54. The van der Waals surface area contributed by atoms with Crippen LogP contribution in [0.2, 0.25) is 0 Å². The number of anilines is 1. The maximum absolute atomic E-state index is 12.2. The number of carbonyl (C=O) groups excluding carboxylic acids is 2. The minimum absolute atomic E-state index is 0.106. The van der Waals surface area contributed by atoms with Gasteiger partial charge in [0.1, 0.15) is 5.75 Å². The molecule has 0 bridgehead atoms. The number of benzene rings is 2. The van der Waals surface area contributed by atoms with Crippen LogP contribution in [0, 0.1) is 0 Å². The van der Waals surface area contributed by atoms with E-state index in [0.717, 1.165) is 5.56 Å². The van der Waals surface area contributed by atoms with Gasteiger partial charge in [-0.25, -0.2) is 5.43 Å². The molecular formula is C20H21N3O3. The Bertz CT molecular complexity index is 844. The van der Waals surface area contributed by atoms with Crippen molar-refractivity contribution in [2.75, 3.05) is 5.32 Å². The summed E-state index contributed by atoms with van der Waals surface area (Å²) in [7, 11) is 0. The third kappa shape index (κ3) is 5.04. The molecule has 2 rings (SSSR count). The number of para-hydroxylation sites is 1. The van der Waals surface area contributed by atoms with Crippen LogP contribution in [0.1, 0.15) is 34.8 Å². The molecule has 2 aromatic carbocycles. The maximum Gasteiger partial charge on any atom is 0.271 e. The predicted molar refractivity (Wildman–Crippen MR) is 102 cm³/mol. The quantitative estimate of drug-likeness (QED) is 0.406. The molecule has 0 fully saturated rings. The van der Waals surface area contributed by atoms with Crippen LogP contribution in [0.3, 0.4) is 0 Å². The van der Waals surface area contributed by atoms with E-state index in [1.165, 1.54) is 6.21 Å². The second kappa shape index (κ2) is 9.17. The molecule has 0 saturated heterocycles. The third-order valence-corrected chi connectivity index (χ3v) is 3.61. The normalized spacial score (nSPS) is 10.5. The number of carbonyl (C=O) groups is 2. The Kier molecular flexibility index (Phi) is 6.68. The summed E-state index contributed by atoms with van der Waals surface area (Å²) in [5, 5.41) is 16.7. The first kappa shape index (κ1) is 18.9. The minimum Gasteiger partial charge on any atom is -0.507 e. The van der Waals surface area contributed by atoms with Crippen molar-refractivity contribution in [2.24, 2.45) is 5.10 Å². The number of hydrazone groups is 1. The van der Waals surface area contributed by atoms with E-state index in [2.05, 4.69) is 22.4 Å². The van der Waals surface area contributed by atoms with Crippen LogP contribution in [0.25, 0.3) is 0 Å². The number of nitrogens with one attached hydrogen (secondary N) is 2. The summed E-state index contributed by atoms with van der Waals surface area (Å²) in [6, 6.07) is 11.9. The van der Waals surface area contributed by atoms with Gasteiger partial charge in [0.2, 0.25) is 5.91 Å². The zero-order valence-electron chi connectivity index (χ0n) is 14.5. The Labute approximate surface area is 152 Å². The fraction of sp³-hybridized carbons (Fsp3) is 0.150. The number of amides is 2. The lowest BCUT2D eigenvalue weighted by atomic mass is 10.1. The van der Waals surface area contributed by atoms with Crippen LogP contribution in [-0.2, 0) is 11.2 Å². The van der Waals surface area contributed by atoms with Crippen LogP contribution in [0.15, 0.2) is 60.2 Å². The summed E-state index contributed by atoms with van der Waals surface area (Å²) >= 11 is 0. The second-order valence-corrected chi connectivity index (χ2v) is 5.53. The van der Waals surface area contributed by atoms with Gasteiger partial charge >= 0.3 is 0 Å². The summed E-state index contributed by atoms with van der Waals surface area (Å²) in [5.74, 6) is -0.444. The van der Waals surface area contributed by atoms with Crippen molar-refractivity contribution in [3.63, 3.8) is 0 Å². The highest BCUT2D eigenvalue weighted by Crippen LogP contribution is 2.21. The molecule has 6 heteroatoms. The molecule has 0 atom stereocenters.